The summed E-state index contributed by atoms with van der Waals surface area (Å²) in [5.74, 6) is 0.803. The van der Waals surface area contributed by atoms with E-state index in [1.807, 2.05) is 39.1 Å². The summed E-state index contributed by atoms with van der Waals surface area (Å²) in [5.41, 5.74) is 1.23. The highest BCUT2D eigenvalue weighted by molar-refractivity contribution is 5.81. The molecule has 1 N–H and O–H groups in total. The molecule has 3 atom stereocenters. The van der Waals surface area contributed by atoms with Crippen LogP contribution in [-0.2, 0) is 16.0 Å². The molecule has 1 aromatic carbocycles. The largest absolute Gasteiger partial charge is 0.508 e. The summed E-state index contributed by atoms with van der Waals surface area (Å²) in [6.07, 6.45) is 2.99. The number of phenols is 1. The fourth-order valence-electron chi connectivity index (χ4n) is 4.09. The zero-order valence-corrected chi connectivity index (χ0v) is 21.8. The highest BCUT2D eigenvalue weighted by atomic mass is 16.6. The van der Waals surface area contributed by atoms with Crippen LogP contribution in [0.15, 0.2) is 30.5 Å². The van der Waals surface area contributed by atoms with Gasteiger partial charge in [-0.05, 0) is 44.4 Å². The van der Waals surface area contributed by atoms with Gasteiger partial charge in [0.1, 0.15) is 17.4 Å². The average molecular weight is 486 g/mol. The van der Waals surface area contributed by atoms with Crippen molar-refractivity contribution in [3.05, 3.63) is 41.7 Å². The van der Waals surface area contributed by atoms with E-state index in [0.717, 1.165) is 17.7 Å². The molecule has 1 unspecified atom stereocenters. The van der Waals surface area contributed by atoms with Gasteiger partial charge in [-0.1, -0.05) is 44.5 Å². The Labute approximate surface area is 208 Å². The summed E-state index contributed by atoms with van der Waals surface area (Å²) >= 11 is 0. The number of aromatic hydroxyl groups is 1. The summed E-state index contributed by atoms with van der Waals surface area (Å²) in [6.45, 7) is 13.7. The molecular formula is C26H39N5O4. The second-order valence-electron chi connectivity index (χ2n) is 10.5. The predicted octanol–water partition coefficient (Wildman–Crippen LogP) is 4.00. The smallest absolute Gasteiger partial charge is 0.410 e. The lowest BCUT2D eigenvalue weighted by Gasteiger charge is -2.37. The van der Waals surface area contributed by atoms with Crippen molar-refractivity contribution in [3.8, 4) is 5.75 Å². The molecule has 1 saturated heterocycles. The Balaban J connectivity index is 1.77. The first-order valence-corrected chi connectivity index (χ1v) is 12.4. The van der Waals surface area contributed by atoms with Gasteiger partial charge in [0.25, 0.3) is 0 Å². The normalized spacial score (nSPS) is 17.1. The maximum absolute atomic E-state index is 13.7. The van der Waals surface area contributed by atoms with Gasteiger partial charge in [-0.15, -0.1) is 5.10 Å². The number of nitrogens with zero attached hydrogens (tertiary/aromatic N) is 5. The fourth-order valence-corrected chi connectivity index (χ4v) is 4.09. The summed E-state index contributed by atoms with van der Waals surface area (Å²) in [6, 6.07) is 6.30. The van der Waals surface area contributed by atoms with Crippen LogP contribution in [0.4, 0.5) is 4.79 Å². The van der Waals surface area contributed by atoms with Crippen LogP contribution < -0.4 is 0 Å². The maximum atomic E-state index is 13.7. The highest BCUT2D eigenvalue weighted by Gasteiger charge is 2.33. The number of aromatic nitrogens is 3. The molecule has 2 amide bonds. The number of hydrogen-bond donors (Lipinski definition) is 1. The molecule has 1 aliphatic heterocycles. The minimum absolute atomic E-state index is 0.0606. The molecule has 0 spiro atoms. The lowest BCUT2D eigenvalue weighted by Crippen LogP contribution is -2.53. The van der Waals surface area contributed by atoms with Crippen LogP contribution in [0.5, 0.6) is 5.75 Å². The number of ether oxygens (including phenoxy) is 1. The van der Waals surface area contributed by atoms with Gasteiger partial charge in [0.15, 0.2) is 0 Å². The van der Waals surface area contributed by atoms with Crippen LogP contribution in [0.2, 0.25) is 0 Å². The average Bonchev–Trinajstić information content (AvgIpc) is 3.31. The second kappa shape index (κ2) is 11.1. The van der Waals surface area contributed by atoms with Crippen molar-refractivity contribution in [1.82, 2.24) is 24.8 Å². The van der Waals surface area contributed by atoms with Gasteiger partial charge in [-0.3, -0.25) is 4.79 Å². The van der Waals surface area contributed by atoms with Crippen molar-refractivity contribution in [2.24, 2.45) is 5.92 Å². The molecule has 35 heavy (non-hydrogen) atoms. The highest BCUT2D eigenvalue weighted by Crippen LogP contribution is 2.26. The number of benzene rings is 1. The molecule has 2 heterocycles. The van der Waals surface area contributed by atoms with E-state index in [9.17, 15) is 14.7 Å². The van der Waals surface area contributed by atoms with Crippen LogP contribution in [0.3, 0.4) is 0 Å². The van der Waals surface area contributed by atoms with Crippen molar-refractivity contribution >= 4 is 12.0 Å². The molecular weight excluding hydrogens is 446 g/mol. The first-order chi connectivity index (χ1) is 16.5. The Morgan fingerprint density at radius 1 is 1.06 bits per heavy atom. The number of carbonyl (C=O) groups is 2. The third kappa shape index (κ3) is 6.96. The minimum Gasteiger partial charge on any atom is -0.508 e. The van der Waals surface area contributed by atoms with Crippen molar-refractivity contribution in [2.45, 2.75) is 71.9 Å². The second-order valence-corrected chi connectivity index (χ2v) is 10.5. The van der Waals surface area contributed by atoms with Crippen LogP contribution >= 0.6 is 0 Å². The number of hydrogen-bond acceptors (Lipinski definition) is 6. The molecule has 1 aliphatic rings. The van der Waals surface area contributed by atoms with Gasteiger partial charge < -0.3 is 19.6 Å². The van der Waals surface area contributed by atoms with E-state index in [2.05, 4.69) is 31.1 Å². The van der Waals surface area contributed by atoms with Crippen molar-refractivity contribution in [1.29, 1.82) is 0 Å². The Hall–Kier alpha value is -3.10. The number of amides is 2. The molecule has 3 rings (SSSR count). The molecule has 9 nitrogen and oxygen atoms in total. The van der Waals surface area contributed by atoms with Crippen LogP contribution in [0.1, 0.15) is 71.2 Å². The molecule has 192 valence electrons. The Kier molecular flexibility index (Phi) is 8.40. The monoisotopic (exact) mass is 485 g/mol. The molecule has 1 aromatic heterocycles. The first-order valence-electron chi connectivity index (χ1n) is 12.4. The van der Waals surface area contributed by atoms with E-state index in [1.165, 1.54) is 0 Å². The summed E-state index contributed by atoms with van der Waals surface area (Å²) < 4.78 is 7.14. The quantitative estimate of drug-likeness (QED) is 0.636. The maximum Gasteiger partial charge on any atom is 0.410 e. The first kappa shape index (κ1) is 26.5. The predicted molar refractivity (Wildman–Crippen MR) is 133 cm³/mol. The molecule has 0 saturated carbocycles. The molecule has 0 bridgehead atoms. The van der Waals surface area contributed by atoms with Crippen LogP contribution in [0.25, 0.3) is 0 Å². The van der Waals surface area contributed by atoms with Crippen molar-refractivity contribution < 1.29 is 19.4 Å². The van der Waals surface area contributed by atoms with E-state index in [-0.39, 0.29) is 23.7 Å². The number of piperazine rings is 1. The van der Waals surface area contributed by atoms with E-state index >= 15 is 0 Å². The summed E-state index contributed by atoms with van der Waals surface area (Å²) in [7, 11) is 0. The Morgan fingerprint density at radius 3 is 2.23 bits per heavy atom. The van der Waals surface area contributed by atoms with E-state index in [0.29, 0.717) is 38.5 Å². The molecule has 0 radical (unpaired) electrons. The SMILES string of the molecule is CCC(C)[C@H](C)c1cn([C@@H](Cc2ccc(O)cc2)C(=O)N2CCN(C(=O)OC(C)(C)C)CC2)nn1. The molecule has 1 fully saturated rings. The van der Waals surface area contributed by atoms with Crippen molar-refractivity contribution in [3.63, 3.8) is 0 Å². The zero-order chi connectivity index (χ0) is 25.8. The third-order valence-corrected chi connectivity index (χ3v) is 6.70. The number of phenolic OH excluding ortho intramolecular Hbond substituents is 1. The zero-order valence-electron chi connectivity index (χ0n) is 21.8. The number of rotatable bonds is 7. The Bertz CT molecular complexity index is 990. The lowest BCUT2D eigenvalue weighted by molar-refractivity contribution is -0.136. The number of carbonyl (C=O) groups excluding carboxylic acids is 2. The lowest BCUT2D eigenvalue weighted by atomic mass is 9.91. The van der Waals surface area contributed by atoms with Crippen molar-refractivity contribution in [2.75, 3.05) is 26.2 Å². The van der Waals surface area contributed by atoms with Gasteiger partial charge in [0.05, 0.1) is 5.69 Å². The van der Waals surface area contributed by atoms with Gasteiger partial charge >= 0.3 is 6.09 Å². The van der Waals surface area contributed by atoms with Gasteiger partial charge in [0.2, 0.25) is 5.91 Å². The van der Waals surface area contributed by atoms with Crippen LogP contribution in [-0.4, -0.2) is 73.7 Å². The van der Waals surface area contributed by atoms with E-state index in [4.69, 9.17) is 4.74 Å². The minimum atomic E-state index is -0.571. The van der Waals surface area contributed by atoms with Gasteiger partial charge in [0, 0.05) is 44.7 Å². The Morgan fingerprint density at radius 2 is 1.66 bits per heavy atom. The molecule has 2 aromatic rings. The topological polar surface area (TPSA) is 101 Å². The third-order valence-electron chi connectivity index (χ3n) is 6.70. The summed E-state index contributed by atoms with van der Waals surface area (Å²) in [4.78, 5) is 29.5. The van der Waals surface area contributed by atoms with E-state index < -0.39 is 11.6 Å². The molecule has 9 heteroatoms. The van der Waals surface area contributed by atoms with Crippen LogP contribution in [0, 0.1) is 5.92 Å². The summed E-state index contributed by atoms with van der Waals surface area (Å²) in [5, 5.41) is 18.4. The fraction of sp³-hybridized carbons (Fsp3) is 0.615. The van der Waals surface area contributed by atoms with Gasteiger partial charge in [-0.2, -0.15) is 0 Å². The van der Waals surface area contributed by atoms with E-state index in [1.54, 1.807) is 26.6 Å². The molecule has 0 aliphatic carbocycles. The standard InChI is InChI=1S/C26H39N5O4/c1-7-18(2)19(3)22-17-31(28-27-22)23(16-20-8-10-21(32)11-9-20)24(33)29-12-14-30(15-13-29)25(34)35-26(4,5)6/h8-11,17-19,23,32H,7,12-16H2,1-6H3/t18?,19-,23-/m0/s1. The van der Waals surface area contributed by atoms with Gasteiger partial charge in [-0.25, -0.2) is 9.48 Å².